The second-order valence-electron chi connectivity index (χ2n) is 1.47. The van der Waals surface area contributed by atoms with Gasteiger partial charge in [0.1, 0.15) is 7.05 Å². The van der Waals surface area contributed by atoms with E-state index in [1.54, 1.807) is 15.8 Å². The van der Waals surface area contributed by atoms with E-state index in [2.05, 4.69) is 10.3 Å². The molecular formula is C3H8N4+2. The van der Waals surface area contributed by atoms with Crippen molar-refractivity contribution < 1.29 is 9.48 Å². The minimum absolute atomic E-state index is 1.62. The molecule has 4 nitrogen and oxygen atoms in total. The molecule has 0 bridgehead atoms. The second-order valence-corrected chi connectivity index (χ2v) is 1.47. The first-order valence-corrected chi connectivity index (χ1v) is 2.06. The van der Waals surface area contributed by atoms with Gasteiger partial charge < -0.3 is 0 Å². The lowest BCUT2D eigenvalue weighted by atomic mass is 11.2. The molecule has 7 heavy (non-hydrogen) atoms. The summed E-state index contributed by atoms with van der Waals surface area (Å²) in [5, 5.41) is 6.70. The Balaban J connectivity index is 3.04. The Bertz CT molecular complexity index is 139. The molecule has 0 aliphatic rings. The van der Waals surface area contributed by atoms with E-state index in [1.165, 1.54) is 0 Å². The third-order valence-electron chi connectivity index (χ3n) is 0.701. The number of hydrogen-bond donors (Lipinski definition) is 1. The minimum Gasteiger partial charge on any atom is -0.0823 e. The van der Waals surface area contributed by atoms with Gasteiger partial charge in [0, 0.05) is 0 Å². The van der Waals surface area contributed by atoms with Crippen molar-refractivity contribution in [1.82, 2.24) is 10.3 Å². The topological polar surface area (TPSA) is 36.4 Å². The van der Waals surface area contributed by atoms with Crippen molar-refractivity contribution >= 4 is 0 Å². The molecule has 1 heterocycles. The fourth-order valence-corrected chi connectivity index (χ4v) is 0.435. The molecule has 38 valence electrons. The van der Waals surface area contributed by atoms with Gasteiger partial charge in [-0.05, 0) is 5.21 Å². The predicted molar refractivity (Wildman–Crippen MR) is 20.9 cm³/mol. The van der Waals surface area contributed by atoms with Gasteiger partial charge in [0.2, 0.25) is 0 Å². The van der Waals surface area contributed by atoms with Crippen LogP contribution in [-0.2, 0) is 14.1 Å². The number of nitrogens with zero attached hydrogens (tertiary/aromatic N) is 3. The number of tetrazole rings is 1. The fraction of sp³-hybridized carbons (Fsp3) is 0.667. The number of aryl methyl sites for hydroxylation is 2. The minimum atomic E-state index is 1.62. The summed E-state index contributed by atoms with van der Waals surface area (Å²) in [5.41, 5.74) is 0. The van der Waals surface area contributed by atoms with Crippen molar-refractivity contribution in [3.05, 3.63) is 6.33 Å². The Morgan fingerprint density at radius 1 is 1.57 bits per heavy atom. The summed E-state index contributed by atoms with van der Waals surface area (Å²) in [7, 11) is 3.72. The van der Waals surface area contributed by atoms with Crippen molar-refractivity contribution in [3.63, 3.8) is 0 Å². The number of aromatic nitrogens is 4. The van der Waals surface area contributed by atoms with Crippen LogP contribution in [0.15, 0.2) is 6.33 Å². The molecule has 0 fully saturated rings. The van der Waals surface area contributed by atoms with Gasteiger partial charge in [-0.15, -0.1) is 0 Å². The Labute approximate surface area is 41.4 Å². The first kappa shape index (κ1) is 4.23. The summed E-state index contributed by atoms with van der Waals surface area (Å²) in [6.45, 7) is 0. The maximum atomic E-state index is 3.84. The quantitative estimate of drug-likeness (QED) is 0.378. The van der Waals surface area contributed by atoms with Crippen molar-refractivity contribution in [2.75, 3.05) is 0 Å². The standard InChI is InChI=1S/C3H7N4/c1-6-3-4-7(2)5-6/h3H,1-2H3/q+1/p+1. The molecule has 0 aromatic carbocycles. The molecule has 0 aliphatic carbocycles. The monoisotopic (exact) mass is 100 g/mol. The van der Waals surface area contributed by atoms with Crippen molar-refractivity contribution in [2.45, 2.75) is 0 Å². The molecule has 4 heteroatoms. The molecule has 1 rings (SSSR count). The van der Waals surface area contributed by atoms with E-state index >= 15 is 0 Å². The van der Waals surface area contributed by atoms with Gasteiger partial charge in [-0.1, -0.05) is 4.68 Å². The van der Waals surface area contributed by atoms with Crippen molar-refractivity contribution in [3.8, 4) is 0 Å². The summed E-state index contributed by atoms with van der Waals surface area (Å²) < 4.78 is 1.76. The van der Waals surface area contributed by atoms with Crippen LogP contribution in [0, 0.1) is 0 Å². The first-order chi connectivity index (χ1) is 3.29. The maximum Gasteiger partial charge on any atom is 0.433 e. The number of rotatable bonds is 0. The normalized spacial score (nSPS) is 9.43. The van der Waals surface area contributed by atoms with Crippen LogP contribution >= 0.6 is 0 Å². The number of nitrogens with one attached hydrogen (secondary N) is 1. The van der Waals surface area contributed by atoms with Gasteiger partial charge in [0.15, 0.2) is 7.05 Å². The van der Waals surface area contributed by atoms with E-state index in [4.69, 9.17) is 0 Å². The molecule has 1 aromatic heterocycles. The Morgan fingerprint density at radius 2 is 2.29 bits per heavy atom. The van der Waals surface area contributed by atoms with Crippen LogP contribution in [-0.4, -0.2) is 10.3 Å². The number of aromatic amines is 1. The molecule has 0 radical (unpaired) electrons. The van der Waals surface area contributed by atoms with E-state index in [9.17, 15) is 0 Å². The van der Waals surface area contributed by atoms with Crippen molar-refractivity contribution in [2.24, 2.45) is 14.1 Å². The first-order valence-electron chi connectivity index (χ1n) is 2.06. The second kappa shape index (κ2) is 1.29. The van der Waals surface area contributed by atoms with E-state index in [-0.39, 0.29) is 0 Å². The maximum absolute atomic E-state index is 3.84. The molecule has 0 amide bonds. The zero-order chi connectivity index (χ0) is 5.28. The third kappa shape index (κ3) is 0.734. The lowest BCUT2D eigenvalue weighted by molar-refractivity contribution is -0.889. The van der Waals surface area contributed by atoms with Crippen LogP contribution in [0.25, 0.3) is 0 Å². The van der Waals surface area contributed by atoms with Gasteiger partial charge in [-0.25, -0.2) is 0 Å². The van der Waals surface area contributed by atoms with Crippen LogP contribution in [0.2, 0.25) is 0 Å². The largest absolute Gasteiger partial charge is 0.433 e. The molecule has 0 saturated heterocycles. The number of H-pyrrole nitrogens is 1. The molecular weight excluding hydrogens is 92.1 g/mol. The van der Waals surface area contributed by atoms with Crippen LogP contribution in [0.4, 0.5) is 0 Å². The average Bonchev–Trinajstić information content (AvgIpc) is 1.87. The zero-order valence-electron chi connectivity index (χ0n) is 4.42. The van der Waals surface area contributed by atoms with Gasteiger partial charge >= 0.3 is 6.33 Å². The van der Waals surface area contributed by atoms with E-state index in [1.807, 2.05) is 14.1 Å². The highest BCUT2D eigenvalue weighted by Crippen LogP contribution is 1.39. The van der Waals surface area contributed by atoms with Gasteiger partial charge in [-0.3, -0.25) is 0 Å². The molecule has 0 spiro atoms. The van der Waals surface area contributed by atoms with Crippen LogP contribution in [0.3, 0.4) is 0 Å². The Kier molecular flexibility index (Phi) is 0.780. The summed E-state index contributed by atoms with van der Waals surface area (Å²) in [6.07, 6.45) is 1.69. The third-order valence-corrected chi connectivity index (χ3v) is 0.701. The van der Waals surface area contributed by atoms with Gasteiger partial charge in [0.25, 0.3) is 5.10 Å². The summed E-state index contributed by atoms with van der Waals surface area (Å²) in [6, 6.07) is 0. The van der Waals surface area contributed by atoms with Crippen LogP contribution < -0.4 is 9.48 Å². The SMILES string of the molecule is C[n+]1cn[n+](C)[nH]1. The highest BCUT2D eigenvalue weighted by Gasteiger charge is 2.01. The smallest absolute Gasteiger partial charge is 0.0823 e. The molecule has 0 saturated carbocycles. The lowest BCUT2D eigenvalue weighted by Crippen LogP contribution is -2.41. The number of hydrogen-bond acceptors (Lipinski definition) is 1. The zero-order valence-corrected chi connectivity index (χ0v) is 4.42. The fourth-order valence-electron chi connectivity index (χ4n) is 0.435. The molecule has 0 aliphatic heterocycles. The Hall–Kier alpha value is -0.930. The van der Waals surface area contributed by atoms with E-state index < -0.39 is 0 Å². The van der Waals surface area contributed by atoms with Crippen LogP contribution in [0.1, 0.15) is 0 Å². The van der Waals surface area contributed by atoms with E-state index in [0.29, 0.717) is 0 Å². The molecule has 1 aromatic rings. The van der Waals surface area contributed by atoms with Crippen molar-refractivity contribution in [1.29, 1.82) is 0 Å². The average molecular weight is 100 g/mol. The molecule has 0 unspecified atom stereocenters. The highest BCUT2D eigenvalue weighted by atomic mass is 15.6. The Morgan fingerprint density at radius 3 is 2.43 bits per heavy atom. The summed E-state index contributed by atoms with van der Waals surface area (Å²) >= 11 is 0. The predicted octanol–water partition coefficient (Wildman–Crippen LogP) is -1.94. The van der Waals surface area contributed by atoms with E-state index in [0.717, 1.165) is 0 Å². The summed E-state index contributed by atoms with van der Waals surface area (Å²) in [5.74, 6) is 0. The highest BCUT2D eigenvalue weighted by molar-refractivity contribution is 4.02. The van der Waals surface area contributed by atoms with Gasteiger partial charge in [0.05, 0.1) is 4.80 Å². The lowest BCUT2D eigenvalue weighted by Gasteiger charge is -1.63. The van der Waals surface area contributed by atoms with Crippen LogP contribution in [0.5, 0.6) is 0 Å². The summed E-state index contributed by atoms with van der Waals surface area (Å²) in [4.78, 5) is 1.62. The van der Waals surface area contributed by atoms with Gasteiger partial charge in [-0.2, -0.15) is 0 Å². The molecule has 0 atom stereocenters. The molecule has 1 N–H and O–H groups in total.